The van der Waals surface area contributed by atoms with Crippen LogP contribution in [-0.4, -0.2) is 77.3 Å². The van der Waals surface area contributed by atoms with Gasteiger partial charge in [0, 0.05) is 57.7 Å². The third-order valence-electron chi connectivity index (χ3n) is 5.29. The first-order chi connectivity index (χ1) is 15.0. The summed E-state index contributed by atoms with van der Waals surface area (Å²) in [4.78, 5) is 25.7. The van der Waals surface area contributed by atoms with Gasteiger partial charge in [-0.15, -0.1) is 0 Å². The van der Waals surface area contributed by atoms with E-state index < -0.39 is 0 Å². The van der Waals surface area contributed by atoms with Crippen LogP contribution in [0.15, 0.2) is 42.7 Å². The van der Waals surface area contributed by atoms with Gasteiger partial charge >= 0.3 is 0 Å². The highest BCUT2D eigenvalue weighted by atomic mass is 16.3. The third-order valence-corrected chi connectivity index (χ3v) is 5.29. The van der Waals surface area contributed by atoms with E-state index >= 15 is 0 Å². The summed E-state index contributed by atoms with van der Waals surface area (Å²) in [5.41, 5.74) is 1.36. The number of rotatable bonds is 9. The Balaban J connectivity index is 1.52. The predicted octanol–water partition coefficient (Wildman–Crippen LogP) is 1.28. The number of anilines is 1. The maximum atomic E-state index is 12.5. The SMILES string of the molecule is CC(C)NCC(O)CN1CCCN(c2cccc(C(=O)NCc3cccnc3)n2)CC1. The second kappa shape index (κ2) is 11.7. The van der Waals surface area contributed by atoms with Crippen molar-refractivity contribution >= 4 is 11.7 Å². The summed E-state index contributed by atoms with van der Waals surface area (Å²) >= 11 is 0. The van der Waals surface area contributed by atoms with Crippen molar-refractivity contribution in [1.29, 1.82) is 0 Å². The van der Waals surface area contributed by atoms with Crippen molar-refractivity contribution < 1.29 is 9.90 Å². The number of hydrogen-bond donors (Lipinski definition) is 3. The van der Waals surface area contributed by atoms with Gasteiger partial charge in [0.25, 0.3) is 5.91 Å². The molecular weight excluding hydrogens is 392 g/mol. The summed E-state index contributed by atoms with van der Waals surface area (Å²) in [7, 11) is 0. The zero-order chi connectivity index (χ0) is 22.1. The Morgan fingerprint density at radius 1 is 1.16 bits per heavy atom. The van der Waals surface area contributed by atoms with E-state index in [1.165, 1.54) is 0 Å². The molecule has 1 unspecified atom stereocenters. The van der Waals surface area contributed by atoms with Crippen LogP contribution in [0.25, 0.3) is 0 Å². The average Bonchev–Trinajstić information content (AvgIpc) is 3.02. The molecule has 0 radical (unpaired) electrons. The van der Waals surface area contributed by atoms with Crippen LogP contribution >= 0.6 is 0 Å². The average molecular weight is 427 g/mol. The summed E-state index contributed by atoms with van der Waals surface area (Å²) in [5.74, 6) is 0.626. The van der Waals surface area contributed by atoms with Gasteiger partial charge in [-0.05, 0) is 36.7 Å². The number of carbonyl (C=O) groups is 1. The van der Waals surface area contributed by atoms with Crippen LogP contribution in [0.3, 0.4) is 0 Å². The number of carbonyl (C=O) groups excluding carboxylic acids is 1. The summed E-state index contributed by atoms with van der Waals surface area (Å²) < 4.78 is 0. The first kappa shape index (κ1) is 23.1. The molecule has 3 heterocycles. The minimum absolute atomic E-state index is 0.192. The molecular formula is C23H34N6O2. The quantitative estimate of drug-likeness (QED) is 0.556. The number of amides is 1. The fourth-order valence-electron chi connectivity index (χ4n) is 3.62. The molecule has 168 valence electrons. The van der Waals surface area contributed by atoms with Crippen molar-refractivity contribution in [2.75, 3.05) is 44.2 Å². The third kappa shape index (κ3) is 7.57. The predicted molar refractivity (Wildman–Crippen MR) is 122 cm³/mol. The molecule has 0 saturated carbocycles. The largest absolute Gasteiger partial charge is 0.390 e. The Hall–Kier alpha value is -2.55. The first-order valence-corrected chi connectivity index (χ1v) is 11.0. The molecule has 1 atom stereocenters. The molecule has 31 heavy (non-hydrogen) atoms. The van der Waals surface area contributed by atoms with Gasteiger partial charge in [0.15, 0.2) is 0 Å². The van der Waals surface area contributed by atoms with Crippen molar-refractivity contribution in [2.24, 2.45) is 0 Å². The molecule has 1 amide bonds. The van der Waals surface area contributed by atoms with Crippen LogP contribution in [0.1, 0.15) is 36.3 Å². The van der Waals surface area contributed by atoms with Crippen LogP contribution in [0.5, 0.6) is 0 Å². The fraction of sp³-hybridized carbons (Fsp3) is 0.522. The van der Waals surface area contributed by atoms with Crippen LogP contribution in [0, 0.1) is 0 Å². The number of hydrogen-bond acceptors (Lipinski definition) is 7. The summed E-state index contributed by atoms with van der Waals surface area (Å²) in [5, 5.41) is 16.5. The van der Waals surface area contributed by atoms with Crippen molar-refractivity contribution in [3.63, 3.8) is 0 Å². The van der Waals surface area contributed by atoms with Gasteiger partial charge < -0.3 is 20.6 Å². The fourth-order valence-corrected chi connectivity index (χ4v) is 3.62. The normalized spacial score (nSPS) is 16.2. The Bertz CT molecular complexity index is 817. The molecule has 0 aromatic carbocycles. The summed E-state index contributed by atoms with van der Waals surface area (Å²) in [6.07, 6.45) is 4.06. The maximum Gasteiger partial charge on any atom is 0.270 e. The molecule has 2 aromatic heterocycles. The van der Waals surface area contributed by atoms with Crippen LogP contribution in [0.4, 0.5) is 5.82 Å². The zero-order valence-corrected chi connectivity index (χ0v) is 18.5. The lowest BCUT2D eigenvalue weighted by Gasteiger charge is -2.25. The Morgan fingerprint density at radius 2 is 2.03 bits per heavy atom. The standard InChI is InChI=1S/C23H34N6O2/c1-18(2)25-16-20(30)17-28-10-5-11-29(13-12-28)22-8-3-7-21(27-22)23(31)26-15-19-6-4-9-24-14-19/h3-4,6-9,14,18,20,25,30H,5,10-13,15-17H2,1-2H3,(H,26,31). The van der Waals surface area contributed by atoms with Crippen LogP contribution < -0.4 is 15.5 Å². The van der Waals surface area contributed by atoms with Gasteiger partial charge in [0.05, 0.1) is 6.10 Å². The maximum absolute atomic E-state index is 12.5. The minimum Gasteiger partial charge on any atom is -0.390 e. The number of aromatic nitrogens is 2. The number of nitrogens with zero attached hydrogens (tertiary/aromatic N) is 4. The van der Waals surface area contributed by atoms with Gasteiger partial charge in [-0.3, -0.25) is 14.7 Å². The molecule has 1 aliphatic rings. The lowest BCUT2D eigenvalue weighted by atomic mass is 10.2. The van der Waals surface area contributed by atoms with E-state index in [1.807, 2.05) is 24.3 Å². The van der Waals surface area contributed by atoms with Crippen molar-refractivity contribution in [3.8, 4) is 0 Å². The smallest absolute Gasteiger partial charge is 0.270 e. The molecule has 8 heteroatoms. The Labute approximate surface area is 184 Å². The molecule has 0 bridgehead atoms. The van der Waals surface area contributed by atoms with E-state index in [4.69, 9.17) is 0 Å². The van der Waals surface area contributed by atoms with Gasteiger partial charge in [0.2, 0.25) is 0 Å². The molecule has 1 saturated heterocycles. The van der Waals surface area contributed by atoms with E-state index in [1.54, 1.807) is 18.5 Å². The van der Waals surface area contributed by atoms with Gasteiger partial charge in [-0.25, -0.2) is 4.98 Å². The lowest BCUT2D eigenvalue weighted by molar-refractivity contribution is 0.0946. The van der Waals surface area contributed by atoms with Gasteiger partial charge in [-0.2, -0.15) is 0 Å². The molecule has 1 fully saturated rings. The molecule has 1 aliphatic heterocycles. The molecule has 8 nitrogen and oxygen atoms in total. The number of β-amino-alcohol motifs (C(OH)–C–C–N with tert-alkyl or cyclic N) is 1. The number of pyridine rings is 2. The van der Waals surface area contributed by atoms with Gasteiger partial charge in [-0.1, -0.05) is 26.0 Å². The first-order valence-electron chi connectivity index (χ1n) is 11.0. The molecule has 2 aromatic rings. The number of nitrogens with one attached hydrogen (secondary N) is 2. The van der Waals surface area contributed by atoms with E-state index in [9.17, 15) is 9.90 Å². The van der Waals surface area contributed by atoms with Crippen molar-refractivity contribution in [3.05, 3.63) is 54.0 Å². The molecule has 0 aliphatic carbocycles. The Kier molecular flexibility index (Phi) is 8.75. The van der Waals surface area contributed by atoms with E-state index in [0.717, 1.165) is 44.0 Å². The monoisotopic (exact) mass is 426 g/mol. The summed E-state index contributed by atoms with van der Waals surface area (Å²) in [6, 6.07) is 9.72. The second-order valence-corrected chi connectivity index (χ2v) is 8.28. The van der Waals surface area contributed by atoms with Crippen LogP contribution in [-0.2, 0) is 6.54 Å². The highest BCUT2D eigenvalue weighted by Gasteiger charge is 2.19. The van der Waals surface area contributed by atoms with Gasteiger partial charge in [0.1, 0.15) is 11.5 Å². The highest BCUT2D eigenvalue weighted by molar-refractivity contribution is 5.92. The minimum atomic E-state index is -0.376. The highest BCUT2D eigenvalue weighted by Crippen LogP contribution is 2.15. The lowest BCUT2D eigenvalue weighted by Crippen LogP contribution is -2.41. The van der Waals surface area contributed by atoms with E-state index in [2.05, 4.69) is 44.2 Å². The molecule has 3 N–H and O–H groups in total. The van der Waals surface area contributed by atoms with E-state index in [-0.39, 0.29) is 12.0 Å². The van der Waals surface area contributed by atoms with Crippen molar-refractivity contribution in [1.82, 2.24) is 25.5 Å². The van der Waals surface area contributed by atoms with E-state index in [0.29, 0.717) is 31.4 Å². The Morgan fingerprint density at radius 3 is 2.81 bits per heavy atom. The topological polar surface area (TPSA) is 93.6 Å². The molecule has 0 spiro atoms. The summed E-state index contributed by atoms with van der Waals surface area (Å²) in [6.45, 7) is 9.35. The molecule has 3 rings (SSSR count). The second-order valence-electron chi connectivity index (χ2n) is 8.28. The number of aliphatic hydroxyl groups is 1. The number of aliphatic hydroxyl groups excluding tert-OH is 1. The zero-order valence-electron chi connectivity index (χ0n) is 18.5. The van der Waals surface area contributed by atoms with Crippen LogP contribution in [0.2, 0.25) is 0 Å². The van der Waals surface area contributed by atoms with Crippen molar-refractivity contribution in [2.45, 2.75) is 39.0 Å².